The van der Waals surface area contributed by atoms with Crippen LogP contribution in [0.25, 0.3) is 0 Å². The van der Waals surface area contributed by atoms with Crippen molar-refractivity contribution in [1.29, 1.82) is 0 Å². The van der Waals surface area contributed by atoms with Crippen LogP contribution >= 0.6 is 46.4 Å². The van der Waals surface area contributed by atoms with Crippen molar-refractivity contribution < 1.29 is 5.11 Å². The second kappa shape index (κ2) is 5.90. The number of aliphatic hydroxyl groups is 1. The summed E-state index contributed by atoms with van der Waals surface area (Å²) in [5.41, 5.74) is 1.53. The number of benzene rings is 2. The molecule has 0 aromatic heterocycles. The number of halogens is 4. The molecular weight excluding hydrogens is 326 g/mol. The Morgan fingerprint density at radius 1 is 0.737 bits per heavy atom. The third-order valence-corrected chi connectivity index (χ3v) is 3.69. The molecule has 2 rings (SSSR count). The van der Waals surface area contributed by atoms with E-state index in [-0.39, 0.29) is 0 Å². The molecule has 0 spiro atoms. The van der Waals surface area contributed by atoms with E-state index in [2.05, 4.69) is 0 Å². The molecular formula is C14H10Cl4O. The highest BCUT2D eigenvalue weighted by Gasteiger charge is 2.35. The third kappa shape index (κ3) is 3.77. The van der Waals surface area contributed by atoms with Gasteiger partial charge >= 0.3 is 0 Å². The van der Waals surface area contributed by atoms with E-state index in [1.807, 2.05) is 0 Å². The minimum Gasteiger partial charge on any atom is -0.362 e. The summed E-state index contributed by atoms with van der Waals surface area (Å²) >= 11 is 23.5. The summed E-state index contributed by atoms with van der Waals surface area (Å²) in [6.07, 6.45) is 0. The van der Waals surface area contributed by atoms with E-state index in [1.165, 1.54) is 0 Å². The largest absolute Gasteiger partial charge is 0.362 e. The standard InChI is InChI=1S/C14H10Cl4O/c15-11-5-1-9(2-6-11)13(14(17,18)19)10-3-7-12(16)8-4-10/h1-8,13,19H. The van der Waals surface area contributed by atoms with Crippen molar-refractivity contribution in [3.63, 3.8) is 0 Å². The first-order chi connectivity index (χ1) is 8.88. The summed E-state index contributed by atoms with van der Waals surface area (Å²) in [5, 5.41) is 11.2. The summed E-state index contributed by atoms with van der Waals surface area (Å²) < 4.78 is -1.93. The Morgan fingerprint density at radius 2 is 1.05 bits per heavy atom. The van der Waals surface area contributed by atoms with Crippen molar-refractivity contribution in [2.24, 2.45) is 0 Å². The van der Waals surface area contributed by atoms with Crippen molar-refractivity contribution in [1.82, 2.24) is 0 Å². The molecule has 0 radical (unpaired) electrons. The van der Waals surface area contributed by atoms with Crippen LogP contribution in [0.4, 0.5) is 0 Å². The molecule has 0 saturated carbocycles. The first kappa shape index (κ1) is 15.0. The molecule has 5 heteroatoms. The number of hydrogen-bond acceptors (Lipinski definition) is 1. The van der Waals surface area contributed by atoms with Crippen molar-refractivity contribution in [2.75, 3.05) is 0 Å². The van der Waals surface area contributed by atoms with E-state index in [0.29, 0.717) is 10.0 Å². The predicted octanol–water partition coefficient (Wildman–Crippen LogP) is 5.25. The fraction of sp³-hybridized carbons (Fsp3) is 0.143. The minimum atomic E-state index is -1.93. The fourth-order valence-electron chi connectivity index (χ4n) is 1.90. The first-order valence-corrected chi connectivity index (χ1v) is 7.00. The van der Waals surface area contributed by atoms with Crippen LogP contribution in [0.5, 0.6) is 0 Å². The molecule has 100 valence electrons. The Kier molecular flexibility index (Phi) is 4.65. The molecule has 0 heterocycles. The quantitative estimate of drug-likeness (QED) is 0.759. The molecule has 0 aliphatic carbocycles. The number of hydrogen-bond donors (Lipinski definition) is 1. The van der Waals surface area contributed by atoms with E-state index in [1.54, 1.807) is 48.5 Å². The van der Waals surface area contributed by atoms with Crippen LogP contribution in [-0.2, 0) is 0 Å². The van der Waals surface area contributed by atoms with Gasteiger partial charge in [0.25, 0.3) is 0 Å². The Bertz CT molecular complexity index is 498. The highest BCUT2D eigenvalue weighted by atomic mass is 35.5. The summed E-state index contributed by atoms with van der Waals surface area (Å²) in [6, 6.07) is 14.0. The molecule has 0 aliphatic heterocycles. The van der Waals surface area contributed by atoms with Gasteiger partial charge in [-0.15, -0.1) is 0 Å². The highest BCUT2D eigenvalue weighted by Crippen LogP contribution is 2.41. The summed E-state index contributed by atoms with van der Waals surface area (Å²) in [4.78, 5) is 0. The van der Waals surface area contributed by atoms with Crippen molar-refractivity contribution in [2.45, 2.75) is 10.4 Å². The van der Waals surface area contributed by atoms with E-state index >= 15 is 0 Å². The maximum atomic E-state index is 9.99. The minimum absolute atomic E-state index is 0.592. The van der Waals surface area contributed by atoms with Crippen LogP contribution in [0.1, 0.15) is 17.0 Å². The topological polar surface area (TPSA) is 20.2 Å². The zero-order valence-corrected chi connectivity index (χ0v) is 12.7. The lowest BCUT2D eigenvalue weighted by molar-refractivity contribution is 0.196. The molecule has 1 nitrogen and oxygen atoms in total. The van der Waals surface area contributed by atoms with Crippen molar-refractivity contribution in [3.05, 3.63) is 69.7 Å². The molecule has 0 unspecified atom stereocenters. The normalized spacial score (nSPS) is 11.9. The average molecular weight is 336 g/mol. The van der Waals surface area contributed by atoms with Gasteiger partial charge in [0.05, 0.1) is 5.92 Å². The molecule has 0 amide bonds. The summed E-state index contributed by atoms with van der Waals surface area (Å²) in [5.74, 6) is -0.592. The lowest BCUT2D eigenvalue weighted by atomic mass is 9.91. The molecule has 2 aromatic rings. The smallest absolute Gasteiger partial charge is 0.226 e. The maximum absolute atomic E-state index is 9.99. The van der Waals surface area contributed by atoms with Gasteiger partial charge in [0.15, 0.2) is 0 Å². The van der Waals surface area contributed by atoms with Gasteiger partial charge < -0.3 is 5.11 Å². The molecule has 0 bridgehead atoms. The van der Waals surface area contributed by atoms with Crippen LogP contribution in [0.3, 0.4) is 0 Å². The molecule has 2 aromatic carbocycles. The fourth-order valence-corrected chi connectivity index (χ4v) is 2.66. The zero-order valence-electron chi connectivity index (χ0n) is 9.66. The number of alkyl halides is 2. The van der Waals surface area contributed by atoms with E-state index in [4.69, 9.17) is 46.4 Å². The van der Waals surface area contributed by atoms with Crippen molar-refractivity contribution in [3.8, 4) is 0 Å². The maximum Gasteiger partial charge on any atom is 0.226 e. The highest BCUT2D eigenvalue weighted by molar-refractivity contribution is 6.47. The predicted molar refractivity (Wildman–Crippen MR) is 81.4 cm³/mol. The Morgan fingerprint density at radius 3 is 1.32 bits per heavy atom. The molecule has 0 saturated heterocycles. The van der Waals surface area contributed by atoms with Crippen LogP contribution in [0.15, 0.2) is 48.5 Å². The lowest BCUT2D eigenvalue weighted by Gasteiger charge is -2.26. The summed E-state index contributed by atoms with van der Waals surface area (Å²) in [6.45, 7) is 0. The van der Waals surface area contributed by atoms with Gasteiger partial charge in [0, 0.05) is 10.0 Å². The van der Waals surface area contributed by atoms with Gasteiger partial charge in [0.1, 0.15) is 0 Å². The van der Waals surface area contributed by atoms with Crippen LogP contribution < -0.4 is 0 Å². The zero-order chi connectivity index (χ0) is 14.0. The Balaban J connectivity index is 2.47. The lowest BCUT2D eigenvalue weighted by Crippen LogP contribution is -2.24. The molecule has 0 atom stereocenters. The second-order valence-electron chi connectivity index (χ2n) is 4.12. The molecule has 19 heavy (non-hydrogen) atoms. The van der Waals surface area contributed by atoms with Gasteiger partial charge in [-0.1, -0.05) is 70.7 Å². The SMILES string of the molecule is OC(Cl)(Cl)C(c1ccc(Cl)cc1)c1ccc(Cl)cc1. The van der Waals surface area contributed by atoms with E-state index in [9.17, 15) is 5.11 Å². The molecule has 0 fully saturated rings. The van der Waals surface area contributed by atoms with E-state index < -0.39 is 10.4 Å². The van der Waals surface area contributed by atoms with Crippen molar-refractivity contribution >= 4 is 46.4 Å². The molecule has 0 aliphatic rings. The average Bonchev–Trinajstić information content (AvgIpc) is 2.33. The van der Waals surface area contributed by atoms with Gasteiger partial charge in [-0.25, -0.2) is 0 Å². The van der Waals surface area contributed by atoms with Crippen LogP contribution in [0.2, 0.25) is 10.0 Å². The van der Waals surface area contributed by atoms with E-state index in [0.717, 1.165) is 11.1 Å². The first-order valence-electron chi connectivity index (χ1n) is 5.49. The van der Waals surface area contributed by atoms with Gasteiger partial charge in [0.2, 0.25) is 4.52 Å². The third-order valence-electron chi connectivity index (χ3n) is 2.75. The Hall–Kier alpha value is -0.440. The van der Waals surface area contributed by atoms with Crippen LogP contribution in [-0.4, -0.2) is 9.63 Å². The monoisotopic (exact) mass is 334 g/mol. The number of rotatable bonds is 3. The molecule has 1 N–H and O–H groups in total. The van der Waals surface area contributed by atoms with Gasteiger partial charge in [-0.05, 0) is 35.4 Å². The second-order valence-corrected chi connectivity index (χ2v) is 6.34. The van der Waals surface area contributed by atoms with Gasteiger partial charge in [-0.2, -0.15) is 0 Å². The summed E-state index contributed by atoms with van der Waals surface area (Å²) in [7, 11) is 0. The van der Waals surface area contributed by atoms with Gasteiger partial charge in [-0.3, -0.25) is 0 Å². The van der Waals surface area contributed by atoms with Crippen LogP contribution in [0, 0.1) is 0 Å². The Labute approximate surface area is 131 Å².